The van der Waals surface area contributed by atoms with Crippen LogP contribution >= 0.6 is 12.2 Å². The van der Waals surface area contributed by atoms with Gasteiger partial charge in [0, 0.05) is 12.8 Å². The lowest BCUT2D eigenvalue weighted by atomic mass is 10.1. The second kappa shape index (κ2) is 9.34. The molecule has 1 aromatic rings. The Hall–Kier alpha value is -2.83. The van der Waals surface area contributed by atoms with Gasteiger partial charge in [-0.2, -0.15) is 5.21 Å². The summed E-state index contributed by atoms with van der Waals surface area (Å²) in [7, 11) is 0. The Morgan fingerprint density at radius 2 is 1.67 bits per heavy atom. The van der Waals surface area contributed by atoms with E-state index in [0.29, 0.717) is 5.82 Å². The Balaban J connectivity index is 2.54. The highest BCUT2D eigenvalue weighted by Crippen LogP contribution is 2.01. The van der Waals surface area contributed by atoms with Gasteiger partial charge < -0.3 is 26.0 Å². The van der Waals surface area contributed by atoms with Gasteiger partial charge in [-0.15, -0.1) is 10.2 Å². The number of hydrogen-bond acceptors (Lipinski definition) is 7. The lowest BCUT2D eigenvalue weighted by Gasteiger charge is -2.20. The third-order valence-corrected chi connectivity index (χ3v) is 3.14. The zero-order chi connectivity index (χ0) is 18.1. The molecule has 12 nitrogen and oxygen atoms in total. The molecule has 2 atom stereocenters. The van der Waals surface area contributed by atoms with Crippen molar-refractivity contribution in [1.82, 2.24) is 31.3 Å². The average molecular weight is 360 g/mol. The van der Waals surface area contributed by atoms with Crippen LogP contribution in [-0.2, 0) is 20.8 Å². The number of tetrazole rings is 1. The van der Waals surface area contributed by atoms with Gasteiger partial charge in [0.05, 0.1) is 0 Å². The average Bonchev–Trinajstić information content (AvgIpc) is 3.00. The molecule has 132 valence electrons. The van der Waals surface area contributed by atoms with Gasteiger partial charge in [0.1, 0.15) is 12.1 Å². The summed E-state index contributed by atoms with van der Waals surface area (Å²) in [6, 6.07) is -2.34. The first kappa shape index (κ1) is 19.2. The van der Waals surface area contributed by atoms with Crippen molar-refractivity contribution in [2.24, 2.45) is 0 Å². The molecule has 0 saturated carbocycles. The van der Waals surface area contributed by atoms with Gasteiger partial charge in [-0.05, 0) is 25.1 Å². The van der Waals surface area contributed by atoms with Crippen LogP contribution in [0.2, 0.25) is 0 Å². The normalized spacial score (nSPS) is 12.8. The van der Waals surface area contributed by atoms with Crippen molar-refractivity contribution in [1.29, 1.82) is 0 Å². The fourth-order valence-corrected chi connectivity index (χ4v) is 1.99. The van der Waals surface area contributed by atoms with E-state index < -0.39 is 30.0 Å². The van der Waals surface area contributed by atoms with Crippen molar-refractivity contribution in [2.75, 3.05) is 0 Å². The van der Waals surface area contributed by atoms with Crippen molar-refractivity contribution < 1.29 is 29.7 Å². The molecule has 0 radical (unpaired) electrons. The van der Waals surface area contributed by atoms with Crippen LogP contribution in [0.25, 0.3) is 0 Å². The summed E-state index contributed by atoms with van der Waals surface area (Å²) in [5, 5.41) is 44.4. The maximum absolute atomic E-state index is 11.2. The number of rotatable bonds is 10. The molecule has 0 aromatic carbocycles. The molecule has 1 aromatic heterocycles. The van der Waals surface area contributed by atoms with E-state index in [0.717, 1.165) is 0 Å². The first-order valence-corrected chi connectivity index (χ1v) is 7.17. The summed E-state index contributed by atoms with van der Waals surface area (Å²) in [6.45, 7) is 0. The van der Waals surface area contributed by atoms with Crippen molar-refractivity contribution in [3.05, 3.63) is 5.82 Å². The SMILES string of the molecule is O=C(O)CCC(NC(=S)NC(CCc1nn[nH]n1)C(=O)O)C(=O)O. The number of nitrogens with one attached hydrogen (secondary N) is 3. The number of thiocarbonyl (C=S) groups is 1. The van der Waals surface area contributed by atoms with E-state index in [4.69, 9.17) is 27.5 Å². The topological polar surface area (TPSA) is 190 Å². The van der Waals surface area contributed by atoms with E-state index in [9.17, 15) is 14.4 Å². The molecule has 6 N–H and O–H groups in total. The van der Waals surface area contributed by atoms with Crippen LogP contribution in [0.5, 0.6) is 0 Å². The molecule has 0 spiro atoms. The zero-order valence-corrected chi connectivity index (χ0v) is 13.1. The monoisotopic (exact) mass is 360 g/mol. The van der Waals surface area contributed by atoms with Crippen LogP contribution in [0.4, 0.5) is 0 Å². The zero-order valence-electron chi connectivity index (χ0n) is 12.3. The molecule has 0 aliphatic carbocycles. The van der Waals surface area contributed by atoms with Gasteiger partial charge in [-0.25, -0.2) is 9.59 Å². The highest BCUT2D eigenvalue weighted by Gasteiger charge is 2.23. The summed E-state index contributed by atoms with van der Waals surface area (Å²) in [5.41, 5.74) is 0. The number of carboxylic acid groups (broad SMARTS) is 3. The van der Waals surface area contributed by atoms with E-state index in [1.807, 2.05) is 0 Å². The summed E-state index contributed by atoms with van der Waals surface area (Å²) in [4.78, 5) is 32.8. The largest absolute Gasteiger partial charge is 0.481 e. The molecule has 0 aliphatic rings. The summed E-state index contributed by atoms with van der Waals surface area (Å²) in [5.74, 6) is -3.31. The number of carboxylic acids is 3. The molecule has 24 heavy (non-hydrogen) atoms. The molecule has 0 amide bonds. The highest BCUT2D eigenvalue weighted by molar-refractivity contribution is 7.80. The Morgan fingerprint density at radius 1 is 1.08 bits per heavy atom. The smallest absolute Gasteiger partial charge is 0.326 e. The number of nitrogens with zero attached hydrogens (tertiary/aromatic N) is 3. The Morgan fingerprint density at radius 3 is 2.12 bits per heavy atom. The first-order valence-electron chi connectivity index (χ1n) is 6.76. The highest BCUT2D eigenvalue weighted by atomic mass is 32.1. The Bertz CT molecular complexity index is 594. The van der Waals surface area contributed by atoms with Gasteiger partial charge in [0.25, 0.3) is 0 Å². The van der Waals surface area contributed by atoms with Crippen LogP contribution in [-0.4, -0.2) is 71.0 Å². The minimum atomic E-state index is -1.29. The summed E-state index contributed by atoms with van der Waals surface area (Å²) >= 11 is 4.89. The second-order valence-electron chi connectivity index (χ2n) is 4.70. The maximum Gasteiger partial charge on any atom is 0.326 e. The predicted molar refractivity (Wildman–Crippen MR) is 81.1 cm³/mol. The molecule has 0 bridgehead atoms. The van der Waals surface area contributed by atoms with E-state index in [1.54, 1.807) is 0 Å². The molecule has 0 aliphatic heterocycles. The van der Waals surface area contributed by atoms with E-state index in [2.05, 4.69) is 31.3 Å². The molecule has 1 rings (SSSR count). The number of carbonyl (C=O) groups is 3. The maximum atomic E-state index is 11.2. The van der Waals surface area contributed by atoms with Crippen molar-refractivity contribution >= 4 is 35.2 Å². The number of hydrogen-bond donors (Lipinski definition) is 6. The molecule has 1 heterocycles. The van der Waals surface area contributed by atoms with Crippen molar-refractivity contribution in [3.8, 4) is 0 Å². The lowest BCUT2D eigenvalue weighted by Crippen LogP contribution is -2.51. The van der Waals surface area contributed by atoms with Gasteiger partial charge in [-0.3, -0.25) is 4.79 Å². The van der Waals surface area contributed by atoms with Crippen LogP contribution in [0.3, 0.4) is 0 Å². The summed E-state index contributed by atoms with van der Waals surface area (Å²) in [6.07, 6.45) is -0.270. The number of aromatic amines is 1. The summed E-state index contributed by atoms with van der Waals surface area (Å²) < 4.78 is 0. The minimum absolute atomic E-state index is 0.0869. The molecular formula is C11H16N6O6S. The number of aliphatic carboxylic acids is 3. The van der Waals surface area contributed by atoms with Crippen LogP contribution in [0.1, 0.15) is 25.1 Å². The Kier molecular flexibility index (Phi) is 7.48. The quantitative estimate of drug-likeness (QED) is 0.261. The number of aromatic nitrogens is 4. The van der Waals surface area contributed by atoms with Crippen LogP contribution < -0.4 is 10.6 Å². The fourth-order valence-electron chi connectivity index (χ4n) is 1.70. The van der Waals surface area contributed by atoms with Gasteiger partial charge in [-0.1, -0.05) is 5.21 Å². The van der Waals surface area contributed by atoms with Crippen LogP contribution in [0, 0.1) is 0 Å². The minimum Gasteiger partial charge on any atom is -0.481 e. The molecule has 0 saturated heterocycles. The molecule has 0 fully saturated rings. The molecule has 2 unspecified atom stereocenters. The van der Waals surface area contributed by atoms with Crippen LogP contribution in [0.15, 0.2) is 0 Å². The van der Waals surface area contributed by atoms with Gasteiger partial charge in [0.2, 0.25) is 0 Å². The number of aryl methyl sites for hydroxylation is 1. The van der Waals surface area contributed by atoms with Crippen molar-refractivity contribution in [3.63, 3.8) is 0 Å². The fraction of sp³-hybridized carbons (Fsp3) is 0.545. The van der Waals surface area contributed by atoms with E-state index >= 15 is 0 Å². The second-order valence-corrected chi connectivity index (χ2v) is 5.11. The number of H-pyrrole nitrogens is 1. The van der Waals surface area contributed by atoms with Gasteiger partial charge in [0.15, 0.2) is 10.9 Å². The molecular weight excluding hydrogens is 344 g/mol. The standard InChI is InChI=1S/C11H16N6O6S/c18-8(19)4-2-6(10(22)23)13-11(24)12-5(9(20)21)1-3-7-14-16-17-15-7/h5-6H,1-4H2,(H,18,19)(H,20,21)(H,22,23)(H2,12,13,24)(H,14,15,16,17). The first-order chi connectivity index (χ1) is 11.3. The van der Waals surface area contributed by atoms with Gasteiger partial charge >= 0.3 is 17.9 Å². The van der Waals surface area contributed by atoms with E-state index in [-0.39, 0.29) is 30.8 Å². The lowest BCUT2D eigenvalue weighted by molar-refractivity contribution is -0.140. The Labute approximate surface area is 140 Å². The third kappa shape index (κ3) is 6.95. The molecule has 13 heteroatoms. The third-order valence-electron chi connectivity index (χ3n) is 2.90. The predicted octanol–water partition coefficient (Wildman–Crippen LogP) is -1.63. The van der Waals surface area contributed by atoms with Crippen molar-refractivity contribution in [2.45, 2.75) is 37.8 Å². The van der Waals surface area contributed by atoms with E-state index in [1.165, 1.54) is 0 Å².